The van der Waals surface area contributed by atoms with Crippen LogP contribution in [0.15, 0.2) is 36.5 Å². The van der Waals surface area contributed by atoms with Crippen LogP contribution >= 0.6 is 0 Å². The highest BCUT2D eigenvalue weighted by Gasteiger charge is 2.12. The Labute approximate surface area is 117 Å². The molecule has 0 bridgehead atoms. The van der Waals surface area contributed by atoms with Gasteiger partial charge in [-0.15, -0.1) is 0 Å². The number of aromatic nitrogens is 1. The summed E-state index contributed by atoms with van der Waals surface area (Å²) in [5.74, 6) is 2.46. The zero-order valence-electron chi connectivity index (χ0n) is 11.3. The molecule has 2 aromatic rings. The molecule has 0 amide bonds. The van der Waals surface area contributed by atoms with E-state index in [-0.39, 0.29) is 0 Å². The topological polar surface area (TPSA) is 55.4 Å². The monoisotopic (exact) mass is 271 g/mol. The quantitative estimate of drug-likeness (QED) is 0.875. The molecular weight excluding hydrogens is 254 g/mol. The predicted molar refractivity (Wildman–Crippen MR) is 78.3 cm³/mol. The van der Waals surface area contributed by atoms with Crippen LogP contribution < -0.4 is 20.1 Å². The fraction of sp³-hybridized carbons (Fsp3) is 0.267. The Kier molecular flexibility index (Phi) is 3.58. The largest absolute Gasteiger partial charge is 0.454 e. The highest BCUT2D eigenvalue weighted by molar-refractivity contribution is 5.48. The summed E-state index contributed by atoms with van der Waals surface area (Å²) in [6.07, 6.45) is 1.82. The van der Waals surface area contributed by atoms with E-state index in [2.05, 4.69) is 22.5 Å². The van der Waals surface area contributed by atoms with Crippen molar-refractivity contribution in [2.45, 2.75) is 13.5 Å². The lowest BCUT2D eigenvalue weighted by atomic mass is 10.2. The van der Waals surface area contributed by atoms with Gasteiger partial charge in [-0.3, -0.25) is 0 Å². The van der Waals surface area contributed by atoms with Crippen molar-refractivity contribution in [3.05, 3.63) is 42.1 Å². The fourth-order valence-electron chi connectivity index (χ4n) is 2.05. The summed E-state index contributed by atoms with van der Waals surface area (Å²) in [5, 5.41) is 6.50. The van der Waals surface area contributed by atoms with Gasteiger partial charge in [0, 0.05) is 13.1 Å². The Morgan fingerprint density at radius 1 is 1.10 bits per heavy atom. The van der Waals surface area contributed by atoms with E-state index in [1.807, 2.05) is 36.5 Å². The van der Waals surface area contributed by atoms with Crippen molar-refractivity contribution in [3.63, 3.8) is 0 Å². The molecule has 3 rings (SSSR count). The van der Waals surface area contributed by atoms with Crippen molar-refractivity contribution >= 4 is 11.5 Å². The summed E-state index contributed by atoms with van der Waals surface area (Å²) in [5.41, 5.74) is 2.16. The summed E-state index contributed by atoms with van der Waals surface area (Å²) < 4.78 is 10.7. The minimum absolute atomic E-state index is 0.305. The number of hydrogen-bond donors (Lipinski definition) is 2. The minimum atomic E-state index is 0.305. The molecule has 5 heteroatoms. The Balaban J connectivity index is 1.61. The normalized spacial score (nSPS) is 12.2. The molecule has 1 aromatic heterocycles. The summed E-state index contributed by atoms with van der Waals surface area (Å²) in [6, 6.07) is 9.92. The third-order valence-corrected chi connectivity index (χ3v) is 3.05. The van der Waals surface area contributed by atoms with Crippen molar-refractivity contribution in [3.8, 4) is 11.5 Å². The molecule has 104 valence electrons. The van der Waals surface area contributed by atoms with Gasteiger partial charge in [-0.25, -0.2) is 4.98 Å². The first-order valence-electron chi connectivity index (χ1n) is 6.67. The number of anilines is 2. The third kappa shape index (κ3) is 2.77. The summed E-state index contributed by atoms with van der Waals surface area (Å²) >= 11 is 0. The summed E-state index contributed by atoms with van der Waals surface area (Å²) in [6.45, 7) is 3.96. The minimum Gasteiger partial charge on any atom is -0.454 e. The Bertz CT molecular complexity index is 584. The van der Waals surface area contributed by atoms with E-state index in [1.165, 1.54) is 0 Å². The lowest BCUT2D eigenvalue weighted by molar-refractivity contribution is 0.174. The number of nitrogens with one attached hydrogen (secondary N) is 2. The van der Waals surface area contributed by atoms with E-state index in [0.29, 0.717) is 13.3 Å². The molecule has 0 aliphatic carbocycles. The maximum atomic E-state index is 5.36. The molecule has 0 fully saturated rings. The molecule has 0 radical (unpaired) electrons. The molecule has 2 N–H and O–H groups in total. The summed E-state index contributed by atoms with van der Waals surface area (Å²) in [7, 11) is 0. The van der Waals surface area contributed by atoms with Crippen LogP contribution in [0.3, 0.4) is 0 Å². The zero-order chi connectivity index (χ0) is 13.8. The average Bonchev–Trinajstić information content (AvgIpc) is 2.94. The van der Waals surface area contributed by atoms with E-state index in [0.717, 1.165) is 35.1 Å². The Morgan fingerprint density at radius 2 is 2.00 bits per heavy atom. The van der Waals surface area contributed by atoms with Gasteiger partial charge < -0.3 is 20.1 Å². The second-order valence-electron chi connectivity index (χ2n) is 4.50. The number of fused-ring (bicyclic) bond motifs is 1. The van der Waals surface area contributed by atoms with Gasteiger partial charge in [-0.1, -0.05) is 6.07 Å². The first-order chi connectivity index (χ1) is 9.85. The number of hydrogen-bond acceptors (Lipinski definition) is 5. The first-order valence-corrected chi connectivity index (χ1v) is 6.67. The van der Waals surface area contributed by atoms with E-state index in [4.69, 9.17) is 9.47 Å². The molecule has 2 heterocycles. The molecule has 1 aliphatic rings. The molecule has 20 heavy (non-hydrogen) atoms. The molecule has 0 unspecified atom stereocenters. The third-order valence-electron chi connectivity index (χ3n) is 3.05. The maximum Gasteiger partial charge on any atom is 0.231 e. The van der Waals surface area contributed by atoms with Crippen molar-refractivity contribution in [2.24, 2.45) is 0 Å². The van der Waals surface area contributed by atoms with Gasteiger partial charge in [0.05, 0.1) is 11.9 Å². The average molecular weight is 271 g/mol. The molecular formula is C15H17N3O2. The van der Waals surface area contributed by atoms with Crippen LogP contribution in [0.2, 0.25) is 0 Å². The highest BCUT2D eigenvalue weighted by Crippen LogP contribution is 2.32. The second-order valence-corrected chi connectivity index (χ2v) is 4.50. The molecule has 0 saturated heterocycles. The van der Waals surface area contributed by atoms with Crippen LogP contribution in [0.1, 0.15) is 12.5 Å². The standard InChI is InChI=1S/C15H17N3O2/c1-2-16-12-4-6-15(18-9-12)17-8-11-3-5-13-14(7-11)20-10-19-13/h3-7,9,16H,2,8,10H2,1H3,(H,17,18). The van der Waals surface area contributed by atoms with Crippen LogP contribution in [0.25, 0.3) is 0 Å². The van der Waals surface area contributed by atoms with Crippen LogP contribution in [-0.2, 0) is 6.54 Å². The molecule has 0 spiro atoms. The van der Waals surface area contributed by atoms with E-state index >= 15 is 0 Å². The van der Waals surface area contributed by atoms with Gasteiger partial charge in [0.1, 0.15) is 5.82 Å². The molecule has 5 nitrogen and oxygen atoms in total. The Morgan fingerprint density at radius 3 is 2.80 bits per heavy atom. The van der Waals surface area contributed by atoms with Gasteiger partial charge in [0.15, 0.2) is 11.5 Å². The molecule has 0 saturated carbocycles. The number of ether oxygens (including phenoxy) is 2. The molecule has 1 aliphatic heterocycles. The fourth-order valence-corrected chi connectivity index (χ4v) is 2.05. The van der Waals surface area contributed by atoms with Crippen molar-refractivity contribution < 1.29 is 9.47 Å². The number of rotatable bonds is 5. The van der Waals surface area contributed by atoms with Crippen LogP contribution in [0.4, 0.5) is 11.5 Å². The van der Waals surface area contributed by atoms with Crippen molar-refractivity contribution in [1.82, 2.24) is 4.98 Å². The predicted octanol–water partition coefficient (Wildman–Crippen LogP) is 2.85. The van der Waals surface area contributed by atoms with Crippen molar-refractivity contribution in [1.29, 1.82) is 0 Å². The van der Waals surface area contributed by atoms with Gasteiger partial charge in [-0.05, 0) is 36.8 Å². The smallest absolute Gasteiger partial charge is 0.231 e. The van der Waals surface area contributed by atoms with Crippen LogP contribution in [0, 0.1) is 0 Å². The lowest BCUT2D eigenvalue weighted by Gasteiger charge is -2.08. The van der Waals surface area contributed by atoms with Gasteiger partial charge in [0.2, 0.25) is 6.79 Å². The zero-order valence-corrected chi connectivity index (χ0v) is 11.3. The lowest BCUT2D eigenvalue weighted by Crippen LogP contribution is -2.02. The van der Waals surface area contributed by atoms with E-state index < -0.39 is 0 Å². The highest BCUT2D eigenvalue weighted by atomic mass is 16.7. The van der Waals surface area contributed by atoms with Gasteiger partial charge >= 0.3 is 0 Å². The van der Waals surface area contributed by atoms with Crippen LogP contribution in [0.5, 0.6) is 11.5 Å². The van der Waals surface area contributed by atoms with Gasteiger partial charge in [0.25, 0.3) is 0 Å². The first kappa shape index (κ1) is 12.6. The van der Waals surface area contributed by atoms with Crippen molar-refractivity contribution in [2.75, 3.05) is 24.0 Å². The maximum absolute atomic E-state index is 5.36. The van der Waals surface area contributed by atoms with Crippen LogP contribution in [-0.4, -0.2) is 18.3 Å². The van der Waals surface area contributed by atoms with E-state index in [1.54, 1.807) is 0 Å². The summed E-state index contributed by atoms with van der Waals surface area (Å²) in [4.78, 5) is 4.36. The second kappa shape index (κ2) is 5.69. The Hall–Kier alpha value is -2.43. The number of pyridine rings is 1. The number of benzene rings is 1. The molecule has 0 atom stereocenters. The SMILES string of the molecule is CCNc1ccc(NCc2ccc3c(c2)OCO3)nc1. The van der Waals surface area contributed by atoms with Gasteiger partial charge in [-0.2, -0.15) is 0 Å². The number of nitrogens with zero attached hydrogens (tertiary/aromatic N) is 1. The van der Waals surface area contributed by atoms with E-state index in [9.17, 15) is 0 Å². The molecule has 1 aromatic carbocycles.